The minimum Gasteiger partial charge on any atom is -0.274 e. The van der Waals surface area contributed by atoms with Gasteiger partial charge in [-0.25, -0.2) is 13.1 Å². The Balaban J connectivity index is 2.62. The van der Waals surface area contributed by atoms with Crippen LogP contribution in [0, 0.1) is 5.92 Å². The molecule has 1 aromatic rings. The molecule has 0 aromatic carbocycles. The standard InChI is InChI=1S/C11H20ClN3O2S/c1-4-9(5-2)11(12)7-14-18(16,17)10-6-13-15(3)8-10/h6,8-9,11,14H,4-5,7H2,1-3H3. The Morgan fingerprint density at radius 1 is 1.44 bits per heavy atom. The number of hydrogen-bond donors (Lipinski definition) is 1. The Morgan fingerprint density at radius 2 is 2.06 bits per heavy atom. The first kappa shape index (κ1) is 15.5. The highest BCUT2D eigenvalue weighted by Crippen LogP contribution is 2.18. The fourth-order valence-corrected chi connectivity index (χ4v) is 3.34. The molecular weight excluding hydrogens is 274 g/mol. The van der Waals surface area contributed by atoms with E-state index in [-0.39, 0.29) is 16.8 Å². The maximum absolute atomic E-state index is 11.9. The van der Waals surface area contributed by atoms with Gasteiger partial charge in [0.1, 0.15) is 4.90 Å². The molecule has 18 heavy (non-hydrogen) atoms. The number of aromatic nitrogens is 2. The van der Waals surface area contributed by atoms with E-state index >= 15 is 0 Å². The fraction of sp³-hybridized carbons (Fsp3) is 0.727. The van der Waals surface area contributed by atoms with Crippen molar-refractivity contribution in [3.63, 3.8) is 0 Å². The van der Waals surface area contributed by atoms with Crippen LogP contribution in [0.4, 0.5) is 0 Å². The van der Waals surface area contributed by atoms with Gasteiger partial charge in [0.25, 0.3) is 0 Å². The maximum atomic E-state index is 11.9. The van der Waals surface area contributed by atoms with E-state index in [2.05, 4.69) is 23.7 Å². The third kappa shape index (κ3) is 3.96. The number of nitrogens with zero attached hydrogens (tertiary/aromatic N) is 2. The van der Waals surface area contributed by atoms with Crippen LogP contribution in [0.5, 0.6) is 0 Å². The first-order valence-electron chi connectivity index (χ1n) is 6.03. The summed E-state index contributed by atoms with van der Waals surface area (Å²) in [6.07, 6.45) is 4.67. The second kappa shape index (κ2) is 6.54. The summed E-state index contributed by atoms with van der Waals surface area (Å²) in [7, 11) is -1.83. The molecule has 5 nitrogen and oxygen atoms in total. The van der Waals surface area contributed by atoms with Gasteiger partial charge in [0.05, 0.1) is 6.20 Å². The van der Waals surface area contributed by atoms with Crippen LogP contribution in [0.3, 0.4) is 0 Å². The molecule has 0 aliphatic carbocycles. The van der Waals surface area contributed by atoms with E-state index in [0.29, 0.717) is 5.92 Å². The highest BCUT2D eigenvalue weighted by atomic mass is 35.5. The van der Waals surface area contributed by atoms with E-state index in [1.165, 1.54) is 17.1 Å². The van der Waals surface area contributed by atoms with Crippen molar-refractivity contribution in [3.05, 3.63) is 12.4 Å². The Morgan fingerprint density at radius 3 is 2.50 bits per heavy atom. The molecule has 0 spiro atoms. The van der Waals surface area contributed by atoms with Gasteiger partial charge in [-0.3, -0.25) is 4.68 Å². The number of nitrogens with one attached hydrogen (secondary N) is 1. The van der Waals surface area contributed by atoms with Gasteiger partial charge in [0.2, 0.25) is 10.0 Å². The average Bonchev–Trinajstić information content (AvgIpc) is 2.76. The summed E-state index contributed by atoms with van der Waals surface area (Å²) in [4.78, 5) is 0.165. The lowest BCUT2D eigenvalue weighted by molar-refractivity contribution is 0.460. The number of alkyl halides is 1. The van der Waals surface area contributed by atoms with Gasteiger partial charge in [-0.15, -0.1) is 11.6 Å². The van der Waals surface area contributed by atoms with Crippen LogP contribution in [-0.4, -0.2) is 30.1 Å². The Labute approximate surface area is 114 Å². The molecule has 0 saturated carbocycles. The van der Waals surface area contributed by atoms with Crippen LogP contribution in [0.25, 0.3) is 0 Å². The van der Waals surface area contributed by atoms with Gasteiger partial charge in [-0.2, -0.15) is 5.10 Å². The van der Waals surface area contributed by atoms with Crippen molar-refractivity contribution in [2.75, 3.05) is 6.54 Å². The largest absolute Gasteiger partial charge is 0.274 e. The van der Waals surface area contributed by atoms with E-state index in [1.807, 2.05) is 0 Å². The van der Waals surface area contributed by atoms with Crippen molar-refractivity contribution in [2.24, 2.45) is 13.0 Å². The van der Waals surface area contributed by atoms with Crippen molar-refractivity contribution >= 4 is 21.6 Å². The van der Waals surface area contributed by atoms with Crippen LogP contribution in [-0.2, 0) is 17.1 Å². The zero-order valence-electron chi connectivity index (χ0n) is 10.9. The molecule has 104 valence electrons. The van der Waals surface area contributed by atoms with Gasteiger partial charge in [0, 0.05) is 25.2 Å². The third-order valence-corrected chi connectivity index (χ3v) is 4.91. The molecule has 0 aliphatic heterocycles. The molecule has 1 N–H and O–H groups in total. The number of sulfonamides is 1. The Hall–Kier alpha value is -0.590. The van der Waals surface area contributed by atoms with E-state index in [1.54, 1.807) is 7.05 Å². The second-order valence-electron chi connectivity index (χ2n) is 4.29. The predicted octanol–water partition coefficient (Wildman–Crippen LogP) is 1.74. The minimum absolute atomic E-state index is 0.165. The van der Waals surface area contributed by atoms with Crippen molar-refractivity contribution in [3.8, 4) is 0 Å². The van der Waals surface area contributed by atoms with Gasteiger partial charge >= 0.3 is 0 Å². The van der Waals surface area contributed by atoms with Gasteiger partial charge < -0.3 is 0 Å². The van der Waals surface area contributed by atoms with E-state index < -0.39 is 10.0 Å². The topological polar surface area (TPSA) is 64.0 Å². The lowest BCUT2D eigenvalue weighted by Gasteiger charge is -2.19. The summed E-state index contributed by atoms with van der Waals surface area (Å²) >= 11 is 6.20. The summed E-state index contributed by atoms with van der Waals surface area (Å²) in [5.41, 5.74) is 0. The Bertz CT molecular complexity index is 468. The number of hydrogen-bond acceptors (Lipinski definition) is 3. The minimum atomic E-state index is -3.50. The first-order valence-corrected chi connectivity index (χ1v) is 7.95. The van der Waals surface area contributed by atoms with Gasteiger partial charge in [-0.05, 0) is 5.92 Å². The molecule has 0 radical (unpaired) electrons. The summed E-state index contributed by atoms with van der Waals surface area (Å²) < 4.78 is 27.8. The maximum Gasteiger partial charge on any atom is 0.243 e. The highest BCUT2D eigenvalue weighted by molar-refractivity contribution is 7.89. The van der Waals surface area contributed by atoms with E-state index in [9.17, 15) is 8.42 Å². The molecule has 1 rings (SSSR count). The molecule has 1 heterocycles. The molecule has 0 aliphatic rings. The second-order valence-corrected chi connectivity index (χ2v) is 6.62. The normalized spacial score (nSPS) is 14.1. The van der Waals surface area contributed by atoms with Gasteiger partial charge in [-0.1, -0.05) is 26.7 Å². The van der Waals surface area contributed by atoms with Crippen molar-refractivity contribution < 1.29 is 8.42 Å². The monoisotopic (exact) mass is 293 g/mol. The Kier molecular flexibility index (Phi) is 5.62. The van der Waals surface area contributed by atoms with Crippen LogP contribution < -0.4 is 4.72 Å². The van der Waals surface area contributed by atoms with E-state index in [4.69, 9.17) is 11.6 Å². The molecule has 0 saturated heterocycles. The molecule has 1 unspecified atom stereocenters. The lowest BCUT2D eigenvalue weighted by atomic mass is 9.99. The zero-order chi connectivity index (χ0) is 13.8. The lowest BCUT2D eigenvalue weighted by Crippen LogP contribution is -2.33. The smallest absolute Gasteiger partial charge is 0.243 e. The van der Waals surface area contributed by atoms with E-state index in [0.717, 1.165) is 12.8 Å². The van der Waals surface area contributed by atoms with Crippen molar-refractivity contribution in [1.29, 1.82) is 0 Å². The summed E-state index contributed by atoms with van der Waals surface area (Å²) in [5, 5.41) is 3.65. The zero-order valence-corrected chi connectivity index (χ0v) is 12.5. The third-order valence-electron chi connectivity index (χ3n) is 3.02. The SMILES string of the molecule is CCC(CC)C(Cl)CNS(=O)(=O)c1cnn(C)c1. The van der Waals surface area contributed by atoms with Crippen molar-refractivity contribution in [2.45, 2.75) is 37.0 Å². The molecule has 0 fully saturated rings. The predicted molar refractivity (Wildman–Crippen MR) is 72.1 cm³/mol. The quantitative estimate of drug-likeness (QED) is 0.779. The first-order chi connectivity index (χ1) is 8.40. The molecule has 1 aromatic heterocycles. The molecular formula is C11H20ClN3O2S. The number of halogens is 1. The van der Waals surface area contributed by atoms with Crippen LogP contribution in [0.1, 0.15) is 26.7 Å². The fourth-order valence-electron chi connectivity index (χ4n) is 1.78. The molecule has 0 amide bonds. The summed E-state index contributed by atoms with van der Waals surface area (Å²) in [5.74, 6) is 0.322. The summed E-state index contributed by atoms with van der Waals surface area (Å²) in [6.45, 7) is 4.35. The van der Waals surface area contributed by atoms with Crippen molar-refractivity contribution in [1.82, 2.24) is 14.5 Å². The highest BCUT2D eigenvalue weighted by Gasteiger charge is 2.21. The van der Waals surface area contributed by atoms with Crippen LogP contribution >= 0.6 is 11.6 Å². The average molecular weight is 294 g/mol. The molecule has 0 bridgehead atoms. The molecule has 1 atom stereocenters. The van der Waals surface area contributed by atoms with Gasteiger partial charge in [0.15, 0.2) is 0 Å². The molecule has 7 heteroatoms. The van der Waals surface area contributed by atoms with Crippen LogP contribution in [0.2, 0.25) is 0 Å². The number of rotatable bonds is 7. The number of aryl methyl sites for hydroxylation is 1. The van der Waals surface area contributed by atoms with Crippen LogP contribution in [0.15, 0.2) is 17.3 Å². The summed E-state index contributed by atoms with van der Waals surface area (Å²) in [6, 6.07) is 0.